The summed E-state index contributed by atoms with van der Waals surface area (Å²) in [6.45, 7) is 2.13. The molecule has 2 aromatic carbocycles. The lowest BCUT2D eigenvalue weighted by atomic mass is 10.1. The highest BCUT2D eigenvalue weighted by atomic mass is 32.2. The minimum absolute atomic E-state index is 0.231. The first kappa shape index (κ1) is 20.8. The van der Waals surface area contributed by atoms with Crippen LogP contribution in [-0.4, -0.2) is 40.8 Å². The van der Waals surface area contributed by atoms with Crippen molar-refractivity contribution in [2.75, 3.05) is 30.8 Å². The maximum Gasteiger partial charge on any atom is 0.240 e. The zero-order valence-corrected chi connectivity index (χ0v) is 16.8. The summed E-state index contributed by atoms with van der Waals surface area (Å²) in [5.74, 6) is 0.487. The van der Waals surface area contributed by atoms with Crippen LogP contribution in [-0.2, 0) is 21.2 Å². The second-order valence-corrected chi connectivity index (χ2v) is 8.32. The third-order valence-electron chi connectivity index (χ3n) is 4.10. The first-order valence-corrected chi connectivity index (χ1v) is 10.6. The number of sulfonamides is 1. The molecule has 0 saturated carbocycles. The summed E-state index contributed by atoms with van der Waals surface area (Å²) in [6, 6.07) is 14.9. The van der Waals surface area contributed by atoms with Crippen molar-refractivity contribution >= 4 is 21.6 Å². The van der Waals surface area contributed by atoms with Crippen LogP contribution < -0.4 is 14.4 Å². The molecule has 0 unspecified atom stereocenters. The van der Waals surface area contributed by atoms with Crippen LogP contribution in [0.25, 0.3) is 0 Å². The van der Waals surface area contributed by atoms with E-state index in [1.807, 2.05) is 37.3 Å². The molecule has 0 radical (unpaired) electrons. The summed E-state index contributed by atoms with van der Waals surface area (Å²) in [4.78, 5) is 12.2. The second-order valence-electron chi connectivity index (χ2n) is 6.41. The van der Waals surface area contributed by atoms with Crippen LogP contribution in [0.2, 0.25) is 0 Å². The van der Waals surface area contributed by atoms with Crippen molar-refractivity contribution in [3.8, 4) is 5.75 Å². The summed E-state index contributed by atoms with van der Waals surface area (Å²) >= 11 is 0. The van der Waals surface area contributed by atoms with Gasteiger partial charge < -0.3 is 10.1 Å². The molecule has 0 fully saturated rings. The molecule has 0 bridgehead atoms. The number of methoxy groups -OCH3 is 1. The fourth-order valence-corrected chi connectivity index (χ4v) is 3.53. The Kier molecular flexibility index (Phi) is 7.24. The number of benzene rings is 2. The monoisotopic (exact) mass is 390 g/mol. The molecule has 146 valence electrons. The van der Waals surface area contributed by atoms with Gasteiger partial charge in [0.25, 0.3) is 0 Å². The lowest BCUT2D eigenvalue weighted by Gasteiger charge is -2.22. The van der Waals surface area contributed by atoms with Crippen molar-refractivity contribution in [3.63, 3.8) is 0 Å². The SMILES string of the molecule is COc1ccc(CCCNC(=O)CN(c2cccc(C)c2)S(C)(=O)=O)cc1. The van der Waals surface area contributed by atoms with Gasteiger partial charge in [0.15, 0.2) is 0 Å². The molecule has 0 spiro atoms. The lowest BCUT2D eigenvalue weighted by molar-refractivity contribution is -0.119. The van der Waals surface area contributed by atoms with E-state index in [2.05, 4.69) is 5.32 Å². The second kappa shape index (κ2) is 9.41. The predicted octanol–water partition coefficient (Wildman–Crippen LogP) is 2.52. The van der Waals surface area contributed by atoms with Gasteiger partial charge in [-0.05, 0) is 55.2 Å². The Labute approximate surface area is 161 Å². The number of carbonyl (C=O) groups excluding carboxylic acids is 1. The number of nitrogens with one attached hydrogen (secondary N) is 1. The van der Waals surface area contributed by atoms with Gasteiger partial charge in [0, 0.05) is 6.54 Å². The van der Waals surface area contributed by atoms with Gasteiger partial charge in [-0.3, -0.25) is 9.10 Å². The molecule has 27 heavy (non-hydrogen) atoms. The minimum Gasteiger partial charge on any atom is -0.497 e. The molecular weight excluding hydrogens is 364 g/mol. The predicted molar refractivity (Wildman–Crippen MR) is 108 cm³/mol. The molecule has 0 aliphatic rings. The summed E-state index contributed by atoms with van der Waals surface area (Å²) in [6.07, 6.45) is 2.69. The number of rotatable bonds is 9. The normalized spacial score (nSPS) is 11.1. The fourth-order valence-electron chi connectivity index (χ4n) is 2.68. The molecule has 1 N–H and O–H groups in total. The van der Waals surface area contributed by atoms with Crippen molar-refractivity contribution < 1.29 is 17.9 Å². The Morgan fingerprint density at radius 1 is 1.15 bits per heavy atom. The van der Waals surface area contributed by atoms with Gasteiger partial charge in [-0.15, -0.1) is 0 Å². The molecule has 0 aliphatic carbocycles. The largest absolute Gasteiger partial charge is 0.497 e. The van der Waals surface area contributed by atoms with Gasteiger partial charge in [-0.1, -0.05) is 24.3 Å². The number of carbonyl (C=O) groups is 1. The maximum atomic E-state index is 12.2. The molecule has 0 aromatic heterocycles. The van der Waals surface area contributed by atoms with Crippen LogP contribution in [0.4, 0.5) is 5.69 Å². The molecule has 6 nitrogen and oxygen atoms in total. The van der Waals surface area contributed by atoms with E-state index in [0.717, 1.165) is 40.3 Å². The van der Waals surface area contributed by atoms with E-state index in [4.69, 9.17) is 4.74 Å². The topological polar surface area (TPSA) is 75.7 Å². The fraction of sp³-hybridized carbons (Fsp3) is 0.350. The van der Waals surface area contributed by atoms with Gasteiger partial charge >= 0.3 is 0 Å². The van der Waals surface area contributed by atoms with E-state index < -0.39 is 10.0 Å². The molecule has 0 atom stereocenters. The Morgan fingerprint density at radius 3 is 2.44 bits per heavy atom. The van der Waals surface area contributed by atoms with E-state index in [-0.39, 0.29) is 12.5 Å². The average molecular weight is 391 g/mol. The molecule has 0 saturated heterocycles. The number of anilines is 1. The van der Waals surface area contributed by atoms with Crippen LogP contribution in [0.3, 0.4) is 0 Å². The van der Waals surface area contributed by atoms with Crippen LogP contribution in [0, 0.1) is 6.92 Å². The van der Waals surface area contributed by atoms with Gasteiger partial charge in [-0.2, -0.15) is 0 Å². The maximum absolute atomic E-state index is 12.2. The number of hydrogen-bond donors (Lipinski definition) is 1. The summed E-state index contributed by atoms with van der Waals surface area (Å²) in [5, 5.41) is 2.79. The quantitative estimate of drug-likeness (QED) is 0.668. The van der Waals surface area contributed by atoms with Crippen molar-refractivity contribution in [3.05, 3.63) is 59.7 Å². The molecule has 0 heterocycles. The Morgan fingerprint density at radius 2 is 1.85 bits per heavy atom. The van der Waals surface area contributed by atoms with Crippen LogP contribution in [0.5, 0.6) is 5.75 Å². The van der Waals surface area contributed by atoms with E-state index >= 15 is 0 Å². The first-order valence-electron chi connectivity index (χ1n) is 8.73. The number of amides is 1. The van der Waals surface area contributed by atoms with Crippen molar-refractivity contribution in [2.45, 2.75) is 19.8 Å². The third kappa shape index (κ3) is 6.60. The third-order valence-corrected chi connectivity index (χ3v) is 5.24. The Balaban J connectivity index is 1.86. The zero-order chi connectivity index (χ0) is 19.9. The zero-order valence-electron chi connectivity index (χ0n) is 15.9. The van der Waals surface area contributed by atoms with Crippen molar-refractivity contribution in [1.82, 2.24) is 5.32 Å². The Hall–Kier alpha value is -2.54. The summed E-state index contributed by atoms with van der Waals surface area (Å²) < 4.78 is 30.4. The van der Waals surface area contributed by atoms with Crippen molar-refractivity contribution in [1.29, 1.82) is 0 Å². The highest BCUT2D eigenvalue weighted by Gasteiger charge is 2.20. The number of hydrogen-bond acceptors (Lipinski definition) is 4. The smallest absolute Gasteiger partial charge is 0.240 e. The van der Waals surface area contributed by atoms with E-state index in [1.165, 1.54) is 0 Å². The Bertz CT molecular complexity index is 864. The van der Waals surface area contributed by atoms with Crippen molar-refractivity contribution in [2.24, 2.45) is 0 Å². The molecule has 1 amide bonds. The van der Waals surface area contributed by atoms with Crippen LogP contribution in [0.1, 0.15) is 17.5 Å². The van der Waals surface area contributed by atoms with Gasteiger partial charge in [0.05, 0.1) is 19.1 Å². The van der Waals surface area contributed by atoms with Gasteiger partial charge in [-0.25, -0.2) is 8.42 Å². The van der Waals surface area contributed by atoms with E-state index in [1.54, 1.807) is 25.3 Å². The van der Waals surface area contributed by atoms with E-state index in [0.29, 0.717) is 12.2 Å². The number of nitrogens with zero attached hydrogens (tertiary/aromatic N) is 1. The molecule has 0 aliphatic heterocycles. The highest BCUT2D eigenvalue weighted by molar-refractivity contribution is 7.92. The summed E-state index contributed by atoms with van der Waals surface area (Å²) in [5.41, 5.74) is 2.58. The average Bonchev–Trinajstić information content (AvgIpc) is 2.63. The number of aryl methyl sites for hydroxylation is 2. The molecule has 7 heteroatoms. The minimum atomic E-state index is -3.55. The van der Waals surface area contributed by atoms with Crippen LogP contribution in [0.15, 0.2) is 48.5 Å². The van der Waals surface area contributed by atoms with Gasteiger partial charge in [0.2, 0.25) is 15.9 Å². The molecular formula is C20H26N2O4S. The molecule has 2 rings (SSSR count). The standard InChI is InChI=1S/C20H26N2O4S/c1-16-6-4-8-18(14-16)22(27(3,24)25)15-20(23)21-13-5-7-17-9-11-19(26-2)12-10-17/h4,6,8-12,14H,5,7,13,15H2,1-3H3,(H,21,23). The first-order chi connectivity index (χ1) is 12.8. The van der Waals surface area contributed by atoms with Gasteiger partial charge in [0.1, 0.15) is 12.3 Å². The highest BCUT2D eigenvalue weighted by Crippen LogP contribution is 2.18. The molecule has 2 aromatic rings. The van der Waals surface area contributed by atoms with E-state index in [9.17, 15) is 13.2 Å². The lowest BCUT2D eigenvalue weighted by Crippen LogP contribution is -2.40. The van der Waals surface area contributed by atoms with Crippen LogP contribution >= 0.6 is 0 Å². The number of ether oxygens (including phenoxy) is 1. The summed E-state index contributed by atoms with van der Waals surface area (Å²) in [7, 11) is -1.92.